The van der Waals surface area contributed by atoms with Gasteiger partial charge in [0.05, 0.1) is 12.9 Å². The van der Waals surface area contributed by atoms with Crippen molar-refractivity contribution >= 4 is 23.2 Å². The quantitative estimate of drug-likeness (QED) is 0.610. The smallest absolute Gasteiger partial charge is 0.248 e. The highest BCUT2D eigenvalue weighted by atomic mass is 35.5. The Labute approximate surface area is 173 Å². The fourth-order valence-electron chi connectivity index (χ4n) is 3.37. The molecule has 3 aromatic rings. The van der Waals surface area contributed by atoms with E-state index in [1.165, 1.54) is 5.56 Å². The standard InChI is InChI=1S/C21H22ClN3O4/c1-15-4-5-16(22)11-18(15)24-6-8-25(9-7-24)21(26)14-27-13-17-12-20(29-23-17)19-3-2-10-28-19/h2-5,10-12H,6-9,13-14H2,1H3. The first-order valence-corrected chi connectivity index (χ1v) is 9.84. The van der Waals surface area contributed by atoms with E-state index in [4.69, 9.17) is 25.3 Å². The van der Waals surface area contributed by atoms with Gasteiger partial charge in [0.25, 0.3) is 0 Å². The molecule has 0 aliphatic carbocycles. The summed E-state index contributed by atoms with van der Waals surface area (Å²) in [4.78, 5) is 16.5. The van der Waals surface area contributed by atoms with Gasteiger partial charge in [-0.3, -0.25) is 4.79 Å². The maximum Gasteiger partial charge on any atom is 0.248 e. The summed E-state index contributed by atoms with van der Waals surface area (Å²) in [6.07, 6.45) is 1.57. The normalized spacial score (nSPS) is 14.4. The molecule has 0 unspecified atom stereocenters. The number of rotatable bonds is 6. The predicted molar refractivity (Wildman–Crippen MR) is 109 cm³/mol. The number of aromatic nitrogens is 1. The zero-order valence-electron chi connectivity index (χ0n) is 16.1. The number of carbonyl (C=O) groups is 1. The molecule has 152 valence electrons. The fraction of sp³-hybridized carbons (Fsp3) is 0.333. The van der Waals surface area contributed by atoms with Gasteiger partial charge < -0.3 is 23.5 Å². The molecule has 1 aromatic carbocycles. The first kappa shape index (κ1) is 19.5. The van der Waals surface area contributed by atoms with Crippen molar-refractivity contribution in [3.8, 4) is 11.5 Å². The first-order valence-electron chi connectivity index (χ1n) is 9.46. The van der Waals surface area contributed by atoms with Crippen LogP contribution in [0.4, 0.5) is 5.69 Å². The van der Waals surface area contributed by atoms with E-state index in [9.17, 15) is 4.79 Å². The third-order valence-electron chi connectivity index (χ3n) is 4.94. The average Bonchev–Trinajstić information content (AvgIpc) is 3.42. The van der Waals surface area contributed by atoms with Crippen molar-refractivity contribution in [1.82, 2.24) is 10.1 Å². The molecule has 1 aliphatic rings. The van der Waals surface area contributed by atoms with E-state index < -0.39 is 0 Å². The third kappa shape index (κ3) is 4.63. The van der Waals surface area contributed by atoms with Crippen molar-refractivity contribution in [3.63, 3.8) is 0 Å². The largest absolute Gasteiger partial charge is 0.461 e. The second kappa shape index (κ2) is 8.71. The molecule has 1 saturated heterocycles. The molecule has 0 atom stereocenters. The summed E-state index contributed by atoms with van der Waals surface area (Å²) in [5.74, 6) is 1.11. The van der Waals surface area contributed by atoms with Crippen LogP contribution >= 0.6 is 11.6 Å². The van der Waals surface area contributed by atoms with E-state index in [0.29, 0.717) is 30.3 Å². The van der Waals surface area contributed by atoms with Crippen molar-refractivity contribution in [1.29, 1.82) is 0 Å². The van der Waals surface area contributed by atoms with Gasteiger partial charge in [-0.2, -0.15) is 0 Å². The van der Waals surface area contributed by atoms with Crippen LogP contribution in [0.25, 0.3) is 11.5 Å². The number of hydrogen-bond donors (Lipinski definition) is 0. The van der Waals surface area contributed by atoms with Gasteiger partial charge >= 0.3 is 0 Å². The van der Waals surface area contributed by atoms with E-state index >= 15 is 0 Å². The van der Waals surface area contributed by atoms with E-state index in [1.54, 1.807) is 24.5 Å². The number of hydrogen-bond acceptors (Lipinski definition) is 6. The zero-order chi connectivity index (χ0) is 20.2. The number of benzene rings is 1. The number of piperazine rings is 1. The highest BCUT2D eigenvalue weighted by molar-refractivity contribution is 6.30. The summed E-state index contributed by atoms with van der Waals surface area (Å²) < 4.78 is 16.0. The van der Waals surface area contributed by atoms with Gasteiger partial charge in [-0.15, -0.1) is 0 Å². The lowest BCUT2D eigenvalue weighted by atomic mass is 10.1. The van der Waals surface area contributed by atoms with E-state index in [0.717, 1.165) is 23.8 Å². The number of halogens is 1. The van der Waals surface area contributed by atoms with Crippen LogP contribution in [0.1, 0.15) is 11.3 Å². The Bertz CT molecular complexity index is 962. The Morgan fingerprint density at radius 2 is 2.00 bits per heavy atom. The van der Waals surface area contributed by atoms with Gasteiger partial charge in [-0.1, -0.05) is 22.8 Å². The summed E-state index contributed by atoms with van der Waals surface area (Å²) in [5, 5.41) is 4.66. The summed E-state index contributed by atoms with van der Waals surface area (Å²) >= 11 is 6.13. The number of nitrogens with zero attached hydrogens (tertiary/aromatic N) is 3. The van der Waals surface area contributed by atoms with E-state index in [-0.39, 0.29) is 19.1 Å². The summed E-state index contributed by atoms with van der Waals surface area (Å²) in [6.45, 7) is 5.13. The summed E-state index contributed by atoms with van der Waals surface area (Å²) in [5.41, 5.74) is 2.92. The van der Waals surface area contributed by atoms with Crippen LogP contribution in [-0.2, 0) is 16.1 Å². The molecule has 0 bridgehead atoms. The Balaban J connectivity index is 1.23. The molecule has 2 aromatic heterocycles. The molecule has 1 fully saturated rings. The molecule has 0 spiro atoms. The molecule has 29 heavy (non-hydrogen) atoms. The Hall–Kier alpha value is -2.77. The van der Waals surface area contributed by atoms with E-state index in [1.807, 2.05) is 23.1 Å². The van der Waals surface area contributed by atoms with Crippen LogP contribution in [0.5, 0.6) is 0 Å². The van der Waals surface area contributed by atoms with Crippen LogP contribution in [0.3, 0.4) is 0 Å². The van der Waals surface area contributed by atoms with Gasteiger partial charge in [0.2, 0.25) is 11.7 Å². The number of ether oxygens (including phenoxy) is 1. The van der Waals surface area contributed by atoms with Crippen molar-refractivity contribution in [3.05, 3.63) is 58.9 Å². The van der Waals surface area contributed by atoms with Crippen LogP contribution in [0.15, 0.2) is 51.6 Å². The second-order valence-corrected chi connectivity index (χ2v) is 7.39. The van der Waals surface area contributed by atoms with Crippen LogP contribution < -0.4 is 4.90 Å². The Kier molecular flexibility index (Phi) is 5.87. The molecular formula is C21H22ClN3O4. The summed E-state index contributed by atoms with van der Waals surface area (Å²) in [6, 6.07) is 11.2. The number of aryl methyl sites for hydroxylation is 1. The molecule has 3 heterocycles. The highest BCUT2D eigenvalue weighted by Crippen LogP contribution is 2.25. The zero-order valence-corrected chi connectivity index (χ0v) is 16.9. The molecule has 1 amide bonds. The predicted octanol–water partition coefficient (Wildman–Crippen LogP) is 3.76. The molecule has 4 rings (SSSR count). The molecule has 0 radical (unpaired) electrons. The lowest BCUT2D eigenvalue weighted by Crippen LogP contribution is -2.50. The average molecular weight is 416 g/mol. The first-order chi connectivity index (χ1) is 14.1. The Morgan fingerprint density at radius 1 is 1.17 bits per heavy atom. The van der Waals surface area contributed by atoms with Crippen molar-refractivity contribution in [2.75, 3.05) is 37.7 Å². The van der Waals surface area contributed by atoms with Crippen LogP contribution in [-0.4, -0.2) is 48.7 Å². The molecule has 7 nitrogen and oxygen atoms in total. The molecule has 0 N–H and O–H groups in total. The number of furan rings is 1. The fourth-order valence-corrected chi connectivity index (χ4v) is 3.54. The van der Waals surface area contributed by atoms with Gasteiger partial charge in [0.1, 0.15) is 12.3 Å². The van der Waals surface area contributed by atoms with Crippen molar-refractivity contribution in [2.45, 2.75) is 13.5 Å². The van der Waals surface area contributed by atoms with Crippen LogP contribution in [0.2, 0.25) is 5.02 Å². The monoisotopic (exact) mass is 415 g/mol. The van der Waals surface area contributed by atoms with Crippen LogP contribution in [0, 0.1) is 6.92 Å². The van der Waals surface area contributed by atoms with Gasteiger partial charge in [0, 0.05) is 43.0 Å². The Morgan fingerprint density at radius 3 is 2.76 bits per heavy atom. The van der Waals surface area contributed by atoms with Gasteiger partial charge in [0.15, 0.2) is 5.76 Å². The van der Waals surface area contributed by atoms with Crippen molar-refractivity contribution < 1.29 is 18.5 Å². The molecular weight excluding hydrogens is 394 g/mol. The maximum absolute atomic E-state index is 12.4. The van der Waals surface area contributed by atoms with Gasteiger partial charge in [-0.25, -0.2) is 0 Å². The lowest BCUT2D eigenvalue weighted by molar-refractivity contribution is -0.136. The summed E-state index contributed by atoms with van der Waals surface area (Å²) in [7, 11) is 0. The SMILES string of the molecule is Cc1ccc(Cl)cc1N1CCN(C(=O)COCc2cc(-c3ccco3)on2)CC1. The highest BCUT2D eigenvalue weighted by Gasteiger charge is 2.22. The molecule has 1 aliphatic heterocycles. The minimum absolute atomic E-state index is 0.0130. The second-order valence-electron chi connectivity index (χ2n) is 6.95. The topological polar surface area (TPSA) is 72.0 Å². The minimum atomic E-state index is -0.0257. The maximum atomic E-state index is 12.4. The van der Waals surface area contributed by atoms with Crippen molar-refractivity contribution in [2.24, 2.45) is 0 Å². The number of amides is 1. The number of anilines is 1. The molecule has 8 heteroatoms. The van der Waals surface area contributed by atoms with E-state index in [2.05, 4.69) is 17.0 Å². The minimum Gasteiger partial charge on any atom is -0.461 e. The lowest BCUT2D eigenvalue weighted by Gasteiger charge is -2.36. The van der Waals surface area contributed by atoms with Gasteiger partial charge in [-0.05, 0) is 36.8 Å². The molecule has 0 saturated carbocycles. The third-order valence-corrected chi connectivity index (χ3v) is 5.18. The number of carbonyl (C=O) groups excluding carboxylic acids is 1.